The molecule has 5 nitrogen and oxygen atoms in total. The third kappa shape index (κ3) is 17.9. The van der Waals surface area contributed by atoms with Crippen LogP contribution in [0, 0.1) is 0 Å². The van der Waals surface area contributed by atoms with Crippen LogP contribution in [0.4, 0.5) is 0 Å². The highest BCUT2D eigenvalue weighted by molar-refractivity contribution is 6.75. The molecule has 0 heterocycles. The van der Waals surface area contributed by atoms with E-state index >= 15 is 0 Å². The van der Waals surface area contributed by atoms with Gasteiger partial charge in [-0.05, 0) is 0 Å². The Balaban J connectivity index is 0. The molecule has 66 valence electrons. The van der Waals surface area contributed by atoms with Crippen molar-refractivity contribution < 1.29 is 25.0 Å². The summed E-state index contributed by atoms with van der Waals surface area (Å²) in [5, 5.41) is 29.4. The number of rotatable bonds is 0. The van der Waals surface area contributed by atoms with Gasteiger partial charge in [-0.15, -0.1) is 0 Å². The summed E-state index contributed by atoms with van der Waals surface area (Å²) >= 11 is 14.4. The summed E-state index contributed by atoms with van der Waals surface area (Å²) in [6.45, 7) is 0. The quantitative estimate of drug-likeness (QED) is 0.325. The van der Waals surface area contributed by atoms with Crippen LogP contribution < -0.4 is 0 Å². The van der Waals surface area contributed by atoms with Crippen LogP contribution in [0.15, 0.2) is 0 Å². The van der Waals surface area contributed by atoms with Gasteiger partial charge in [0.05, 0.1) is 0 Å². The number of hydrogen-bond acceptors (Lipinski definition) is 4. The van der Waals surface area contributed by atoms with Crippen molar-refractivity contribution in [3.05, 3.63) is 0 Å². The van der Waals surface area contributed by atoms with Crippen molar-refractivity contribution in [2.45, 2.75) is 3.79 Å². The monoisotopic (exact) mass is 224 g/mol. The van der Waals surface area contributed by atoms with Crippen LogP contribution in [0.5, 0.6) is 0 Å². The third-order valence-electron chi connectivity index (χ3n) is 0.243. The first kappa shape index (κ1) is 13.8. The summed E-state index contributed by atoms with van der Waals surface area (Å²) in [6.07, 6.45) is 0. The maximum Gasteiger partial charge on any atom is 0.631 e. The Bertz CT molecular complexity index is 119. The molecule has 9 heteroatoms. The standard InChI is InChI=1S/C2HCl3O2.BH3O3/c3-2(4,5)1(6)7;2-1(3)4/h(H,6,7);2-4H. The highest BCUT2D eigenvalue weighted by atomic mass is 35.6. The van der Waals surface area contributed by atoms with Gasteiger partial charge in [-0.2, -0.15) is 0 Å². The van der Waals surface area contributed by atoms with E-state index in [9.17, 15) is 4.79 Å². The van der Waals surface area contributed by atoms with E-state index in [0.29, 0.717) is 0 Å². The third-order valence-corrected chi connectivity index (χ3v) is 0.728. The normalized spacial score (nSPS) is 9.64. The van der Waals surface area contributed by atoms with E-state index in [0.717, 1.165) is 0 Å². The molecule has 0 spiro atoms. The average molecular weight is 225 g/mol. The van der Waals surface area contributed by atoms with Crippen molar-refractivity contribution in [2.24, 2.45) is 0 Å². The molecular weight excluding hydrogens is 221 g/mol. The Labute approximate surface area is 77.3 Å². The fourth-order valence-corrected chi connectivity index (χ4v) is 0. The van der Waals surface area contributed by atoms with Gasteiger partial charge in [-0.3, -0.25) is 0 Å². The zero-order chi connectivity index (χ0) is 9.65. The zero-order valence-corrected chi connectivity index (χ0v) is 7.18. The second-order valence-electron chi connectivity index (χ2n) is 1.15. The molecule has 0 aromatic rings. The van der Waals surface area contributed by atoms with Gasteiger partial charge in [0.25, 0.3) is 3.79 Å². The summed E-state index contributed by atoms with van der Waals surface area (Å²) in [5.41, 5.74) is 0. The van der Waals surface area contributed by atoms with Gasteiger partial charge in [0.2, 0.25) is 0 Å². The largest absolute Gasteiger partial charge is 0.631 e. The Morgan fingerprint density at radius 1 is 1.18 bits per heavy atom. The van der Waals surface area contributed by atoms with Crippen LogP contribution >= 0.6 is 34.8 Å². The summed E-state index contributed by atoms with van der Waals surface area (Å²) in [5.74, 6) is -1.46. The van der Waals surface area contributed by atoms with Crippen molar-refractivity contribution in [1.82, 2.24) is 0 Å². The first-order valence-electron chi connectivity index (χ1n) is 2.02. The van der Waals surface area contributed by atoms with Crippen molar-refractivity contribution in [3.63, 3.8) is 0 Å². The minimum atomic E-state index is -2.17. The predicted molar refractivity (Wildman–Crippen MR) is 40.3 cm³/mol. The molecule has 0 aromatic heterocycles. The molecule has 4 N–H and O–H groups in total. The molecule has 0 fully saturated rings. The minimum Gasteiger partial charge on any atom is -0.478 e. The molecule has 0 aromatic carbocycles. The van der Waals surface area contributed by atoms with Gasteiger partial charge in [0.1, 0.15) is 0 Å². The second kappa shape index (κ2) is 5.88. The molecule has 0 aliphatic rings. The highest BCUT2D eigenvalue weighted by Crippen LogP contribution is 2.25. The fourth-order valence-electron chi connectivity index (χ4n) is 0. The number of carboxylic acids is 1. The van der Waals surface area contributed by atoms with Crippen LogP contribution in [0.2, 0.25) is 0 Å². The maximum atomic E-state index is 9.62. The van der Waals surface area contributed by atoms with Crippen molar-refractivity contribution in [3.8, 4) is 0 Å². The number of aliphatic carboxylic acids is 1. The van der Waals surface area contributed by atoms with E-state index in [1.807, 2.05) is 0 Å². The van der Waals surface area contributed by atoms with Crippen LogP contribution in [-0.4, -0.2) is 37.3 Å². The topological polar surface area (TPSA) is 98.0 Å². The molecule has 0 atom stereocenters. The van der Waals surface area contributed by atoms with E-state index in [2.05, 4.69) is 0 Å². The number of halogens is 3. The molecule has 0 saturated heterocycles. The number of alkyl halides is 3. The van der Waals surface area contributed by atoms with Crippen molar-refractivity contribution in [2.75, 3.05) is 0 Å². The Morgan fingerprint density at radius 2 is 1.27 bits per heavy atom. The zero-order valence-electron chi connectivity index (χ0n) is 4.91. The molecule has 0 bridgehead atoms. The summed E-state index contributed by atoms with van der Waals surface area (Å²) in [6, 6.07) is 0. The molecule has 0 saturated carbocycles. The lowest BCUT2D eigenvalue weighted by molar-refractivity contribution is -0.135. The minimum absolute atomic E-state index is 1.46. The number of carboxylic acid groups (broad SMARTS) is 1. The molecule has 0 rings (SSSR count). The van der Waals surface area contributed by atoms with E-state index in [-0.39, 0.29) is 0 Å². The van der Waals surface area contributed by atoms with Gasteiger partial charge >= 0.3 is 13.3 Å². The van der Waals surface area contributed by atoms with Gasteiger partial charge in [-0.25, -0.2) is 4.79 Å². The lowest BCUT2D eigenvalue weighted by atomic mass is 10.3. The lowest BCUT2D eigenvalue weighted by Crippen LogP contribution is -2.16. The van der Waals surface area contributed by atoms with E-state index in [4.69, 9.17) is 55.0 Å². The van der Waals surface area contributed by atoms with Crippen LogP contribution in [-0.2, 0) is 4.79 Å². The first-order chi connectivity index (χ1) is 4.68. The predicted octanol–water partition coefficient (Wildman–Crippen LogP) is -0.611. The SMILES string of the molecule is O=C(O)C(Cl)(Cl)Cl.OB(O)O. The smallest absolute Gasteiger partial charge is 0.478 e. The molecule has 0 unspecified atom stereocenters. The van der Waals surface area contributed by atoms with E-state index < -0.39 is 17.1 Å². The summed E-state index contributed by atoms with van der Waals surface area (Å²) in [7, 11) is -2.17. The number of hydrogen-bond donors (Lipinski definition) is 4. The average Bonchev–Trinajstić information content (AvgIpc) is 1.59. The van der Waals surface area contributed by atoms with Gasteiger partial charge in [-0.1, -0.05) is 34.8 Å². The van der Waals surface area contributed by atoms with Crippen molar-refractivity contribution >= 4 is 48.1 Å². The Morgan fingerprint density at radius 3 is 1.27 bits per heavy atom. The van der Waals surface area contributed by atoms with Crippen LogP contribution in [0.1, 0.15) is 0 Å². The molecule has 0 aliphatic heterocycles. The van der Waals surface area contributed by atoms with Crippen LogP contribution in [0.3, 0.4) is 0 Å². The highest BCUT2D eigenvalue weighted by Gasteiger charge is 2.29. The van der Waals surface area contributed by atoms with Gasteiger partial charge in [0, 0.05) is 0 Å². The fraction of sp³-hybridized carbons (Fsp3) is 0.500. The van der Waals surface area contributed by atoms with E-state index in [1.165, 1.54) is 0 Å². The maximum absolute atomic E-state index is 9.62. The summed E-state index contributed by atoms with van der Waals surface area (Å²) < 4.78 is -2.17. The second-order valence-corrected chi connectivity index (χ2v) is 3.43. The lowest BCUT2D eigenvalue weighted by Gasteiger charge is -1.99. The first-order valence-corrected chi connectivity index (χ1v) is 3.15. The molecular formula is C2H4BCl3O5. The van der Waals surface area contributed by atoms with Crippen LogP contribution in [0.25, 0.3) is 0 Å². The molecule has 0 radical (unpaired) electrons. The van der Waals surface area contributed by atoms with Gasteiger partial charge in [0.15, 0.2) is 0 Å². The van der Waals surface area contributed by atoms with Gasteiger partial charge < -0.3 is 20.2 Å². The molecule has 0 amide bonds. The van der Waals surface area contributed by atoms with E-state index in [1.54, 1.807) is 0 Å². The Kier molecular flexibility index (Phi) is 7.40. The summed E-state index contributed by atoms with van der Waals surface area (Å²) in [4.78, 5) is 9.62. The molecule has 0 aliphatic carbocycles. The van der Waals surface area contributed by atoms with Crippen molar-refractivity contribution in [1.29, 1.82) is 0 Å². The Hall–Kier alpha value is 0.285. The molecule has 11 heavy (non-hydrogen) atoms. The number of carbonyl (C=O) groups is 1.